The molecule has 3 rings (SSSR count). The highest BCUT2D eigenvalue weighted by Gasteiger charge is 2.33. The van der Waals surface area contributed by atoms with Gasteiger partial charge in [0, 0.05) is 17.8 Å². The largest absolute Gasteiger partial charge is 0.435 e. The standard InChI is InChI=1S/C14H10F3N5/c15-14(16,17)11-6-7-22(21-11)13-19-10(8-12(18)20-13)9-4-2-1-3-5-9/h1-8H,(H2,18,19,20). The number of nitrogen functional groups attached to an aromatic ring is 1. The zero-order valence-corrected chi connectivity index (χ0v) is 11.1. The molecule has 0 fully saturated rings. The Labute approximate surface area is 123 Å². The maximum absolute atomic E-state index is 12.6. The van der Waals surface area contributed by atoms with Crippen molar-refractivity contribution in [3.8, 4) is 17.2 Å². The van der Waals surface area contributed by atoms with E-state index >= 15 is 0 Å². The zero-order valence-electron chi connectivity index (χ0n) is 11.1. The molecule has 0 atom stereocenters. The van der Waals surface area contributed by atoms with E-state index in [9.17, 15) is 13.2 Å². The molecule has 3 aromatic rings. The fourth-order valence-corrected chi connectivity index (χ4v) is 1.90. The Bertz CT molecular complexity index is 796. The number of hydrogen-bond acceptors (Lipinski definition) is 4. The number of halogens is 3. The number of benzene rings is 1. The fraction of sp³-hybridized carbons (Fsp3) is 0.0714. The highest BCUT2D eigenvalue weighted by molar-refractivity contribution is 5.62. The van der Waals surface area contributed by atoms with Crippen LogP contribution >= 0.6 is 0 Å². The van der Waals surface area contributed by atoms with Gasteiger partial charge in [0.05, 0.1) is 5.69 Å². The van der Waals surface area contributed by atoms with E-state index in [1.807, 2.05) is 30.3 Å². The van der Waals surface area contributed by atoms with Gasteiger partial charge in [-0.05, 0) is 6.07 Å². The second-order valence-electron chi connectivity index (χ2n) is 4.49. The number of hydrogen-bond donors (Lipinski definition) is 1. The highest BCUT2D eigenvalue weighted by Crippen LogP contribution is 2.28. The maximum Gasteiger partial charge on any atom is 0.435 e. The van der Waals surface area contributed by atoms with E-state index in [0.29, 0.717) is 5.69 Å². The summed E-state index contributed by atoms with van der Waals surface area (Å²) in [5.41, 5.74) is 5.98. The molecular weight excluding hydrogens is 295 g/mol. The van der Waals surface area contributed by atoms with Crippen molar-refractivity contribution in [2.24, 2.45) is 0 Å². The lowest BCUT2D eigenvalue weighted by molar-refractivity contribution is -0.141. The van der Waals surface area contributed by atoms with Gasteiger partial charge in [0.25, 0.3) is 5.95 Å². The summed E-state index contributed by atoms with van der Waals surface area (Å²) in [4.78, 5) is 8.14. The first kappa shape index (κ1) is 14.1. The molecule has 8 heteroatoms. The fourth-order valence-electron chi connectivity index (χ4n) is 1.90. The minimum atomic E-state index is -4.52. The smallest absolute Gasteiger partial charge is 0.384 e. The molecule has 0 saturated carbocycles. The summed E-state index contributed by atoms with van der Waals surface area (Å²) in [5, 5.41) is 3.44. The van der Waals surface area contributed by atoms with Gasteiger partial charge in [-0.2, -0.15) is 23.3 Å². The van der Waals surface area contributed by atoms with Crippen LogP contribution < -0.4 is 5.73 Å². The van der Waals surface area contributed by atoms with Crippen molar-refractivity contribution in [1.29, 1.82) is 0 Å². The maximum atomic E-state index is 12.6. The van der Waals surface area contributed by atoms with Crippen LogP contribution in [0.15, 0.2) is 48.7 Å². The second kappa shape index (κ2) is 5.14. The third kappa shape index (κ3) is 2.76. The Kier molecular flexibility index (Phi) is 3.28. The van der Waals surface area contributed by atoms with Crippen LogP contribution in [0.25, 0.3) is 17.2 Å². The van der Waals surface area contributed by atoms with Crippen molar-refractivity contribution in [2.45, 2.75) is 6.18 Å². The van der Waals surface area contributed by atoms with E-state index < -0.39 is 11.9 Å². The van der Waals surface area contributed by atoms with Crippen LogP contribution in [0.1, 0.15) is 5.69 Å². The molecule has 0 aliphatic carbocycles. The molecule has 5 nitrogen and oxygen atoms in total. The third-order valence-electron chi connectivity index (χ3n) is 2.89. The average molecular weight is 305 g/mol. The van der Waals surface area contributed by atoms with E-state index in [-0.39, 0.29) is 11.8 Å². The van der Waals surface area contributed by atoms with Crippen molar-refractivity contribution < 1.29 is 13.2 Å². The first-order valence-electron chi connectivity index (χ1n) is 6.27. The minimum Gasteiger partial charge on any atom is -0.384 e. The van der Waals surface area contributed by atoms with Gasteiger partial charge in [0.2, 0.25) is 0 Å². The van der Waals surface area contributed by atoms with Crippen LogP contribution in [0, 0.1) is 0 Å². The van der Waals surface area contributed by atoms with Crippen molar-refractivity contribution in [1.82, 2.24) is 19.7 Å². The number of nitrogens with zero attached hydrogens (tertiary/aromatic N) is 4. The predicted molar refractivity (Wildman–Crippen MR) is 74.0 cm³/mol. The van der Waals surface area contributed by atoms with E-state index in [4.69, 9.17) is 5.73 Å². The molecule has 0 unspecified atom stereocenters. The molecule has 0 aliphatic heterocycles. The molecular formula is C14H10F3N5. The summed E-state index contributed by atoms with van der Waals surface area (Å²) in [7, 11) is 0. The van der Waals surface area contributed by atoms with Gasteiger partial charge in [-0.25, -0.2) is 9.67 Å². The lowest BCUT2D eigenvalue weighted by Gasteiger charge is -2.06. The number of rotatable bonds is 2. The van der Waals surface area contributed by atoms with E-state index in [1.165, 1.54) is 0 Å². The van der Waals surface area contributed by atoms with E-state index in [2.05, 4.69) is 15.1 Å². The predicted octanol–water partition coefficient (Wildman–Crippen LogP) is 2.93. The van der Waals surface area contributed by atoms with Crippen LogP contribution in [0.5, 0.6) is 0 Å². The summed E-state index contributed by atoms with van der Waals surface area (Å²) in [6.45, 7) is 0. The Morgan fingerprint density at radius 3 is 2.36 bits per heavy atom. The molecule has 0 spiro atoms. The topological polar surface area (TPSA) is 69.6 Å². The Morgan fingerprint density at radius 2 is 1.73 bits per heavy atom. The lowest BCUT2D eigenvalue weighted by Crippen LogP contribution is -2.09. The zero-order chi connectivity index (χ0) is 15.7. The molecule has 0 saturated heterocycles. The Balaban J connectivity index is 2.05. The Morgan fingerprint density at radius 1 is 1.00 bits per heavy atom. The van der Waals surface area contributed by atoms with Gasteiger partial charge < -0.3 is 5.73 Å². The summed E-state index contributed by atoms with van der Waals surface area (Å²) >= 11 is 0. The quantitative estimate of drug-likeness (QED) is 0.790. The molecule has 1 aromatic carbocycles. The van der Waals surface area contributed by atoms with Crippen molar-refractivity contribution in [3.63, 3.8) is 0 Å². The van der Waals surface area contributed by atoms with Crippen LogP contribution in [0.3, 0.4) is 0 Å². The van der Waals surface area contributed by atoms with Gasteiger partial charge in [0.15, 0.2) is 5.69 Å². The molecule has 112 valence electrons. The molecule has 0 aliphatic rings. The lowest BCUT2D eigenvalue weighted by atomic mass is 10.1. The van der Waals surface area contributed by atoms with Crippen molar-refractivity contribution >= 4 is 5.82 Å². The Hall–Kier alpha value is -2.90. The van der Waals surface area contributed by atoms with Gasteiger partial charge in [0.1, 0.15) is 5.82 Å². The highest BCUT2D eigenvalue weighted by atomic mass is 19.4. The van der Waals surface area contributed by atoms with Gasteiger partial charge >= 0.3 is 6.18 Å². The average Bonchev–Trinajstić information content (AvgIpc) is 2.97. The van der Waals surface area contributed by atoms with E-state index in [0.717, 1.165) is 22.5 Å². The van der Waals surface area contributed by atoms with E-state index in [1.54, 1.807) is 6.07 Å². The van der Waals surface area contributed by atoms with Gasteiger partial charge in [-0.1, -0.05) is 30.3 Å². The number of anilines is 1. The number of alkyl halides is 3. The van der Waals surface area contributed by atoms with Crippen molar-refractivity contribution in [3.05, 3.63) is 54.4 Å². The minimum absolute atomic E-state index is 0.0191. The van der Waals surface area contributed by atoms with Crippen LogP contribution in [0.4, 0.5) is 19.0 Å². The van der Waals surface area contributed by atoms with Crippen LogP contribution in [0.2, 0.25) is 0 Å². The van der Waals surface area contributed by atoms with Gasteiger partial charge in [-0.3, -0.25) is 0 Å². The summed E-state index contributed by atoms with van der Waals surface area (Å²) in [6, 6.07) is 11.5. The molecule has 0 bridgehead atoms. The normalized spacial score (nSPS) is 11.6. The van der Waals surface area contributed by atoms with Crippen LogP contribution in [-0.4, -0.2) is 19.7 Å². The van der Waals surface area contributed by atoms with Crippen LogP contribution in [-0.2, 0) is 6.18 Å². The summed E-state index contributed by atoms with van der Waals surface area (Å²) < 4.78 is 38.7. The molecule has 2 N–H and O–H groups in total. The number of nitrogens with two attached hydrogens (primary N) is 1. The monoisotopic (exact) mass is 305 g/mol. The van der Waals surface area contributed by atoms with Gasteiger partial charge in [-0.15, -0.1) is 0 Å². The molecule has 2 heterocycles. The third-order valence-corrected chi connectivity index (χ3v) is 2.89. The molecule has 2 aromatic heterocycles. The second-order valence-corrected chi connectivity index (χ2v) is 4.49. The first-order chi connectivity index (χ1) is 10.4. The molecule has 0 amide bonds. The SMILES string of the molecule is Nc1cc(-c2ccccc2)nc(-n2ccc(C(F)(F)F)n2)n1. The molecule has 0 radical (unpaired) electrons. The first-order valence-corrected chi connectivity index (χ1v) is 6.27. The summed E-state index contributed by atoms with van der Waals surface area (Å²) in [6.07, 6.45) is -3.37. The summed E-state index contributed by atoms with van der Waals surface area (Å²) in [5.74, 6) is 0.127. The van der Waals surface area contributed by atoms with Crippen molar-refractivity contribution in [2.75, 3.05) is 5.73 Å². The number of aromatic nitrogens is 4. The molecule has 22 heavy (non-hydrogen) atoms.